The van der Waals surface area contributed by atoms with Gasteiger partial charge >= 0.3 is 6.09 Å². The zero-order valence-corrected chi connectivity index (χ0v) is 11.5. The third-order valence-electron chi connectivity index (χ3n) is 2.06. The minimum Gasteiger partial charge on any atom is -0.444 e. The quantitative estimate of drug-likeness (QED) is 0.747. The van der Waals surface area contributed by atoms with Crippen LogP contribution >= 0.6 is 11.8 Å². The molecule has 3 nitrogen and oxygen atoms in total. The number of carbonyl (C=O) groups is 1. The lowest BCUT2D eigenvalue weighted by Crippen LogP contribution is -2.41. The van der Waals surface area contributed by atoms with Crippen LogP contribution in [-0.4, -0.2) is 41.7 Å². The fraction of sp³-hybridized carbons (Fsp3) is 0.909. The molecule has 0 heterocycles. The first-order chi connectivity index (χ1) is 6.81. The van der Waals surface area contributed by atoms with Gasteiger partial charge in [-0.3, -0.25) is 0 Å². The largest absolute Gasteiger partial charge is 0.444 e. The molecule has 0 spiro atoms. The fourth-order valence-electron chi connectivity index (χ4n) is 1.18. The summed E-state index contributed by atoms with van der Waals surface area (Å²) in [5.41, 5.74) is -0.414. The molecule has 0 N–H and O–H groups in total. The second-order valence-electron chi connectivity index (χ2n) is 4.61. The second-order valence-corrected chi connectivity index (χ2v) is 5.52. The van der Waals surface area contributed by atoms with E-state index < -0.39 is 5.60 Å². The summed E-state index contributed by atoms with van der Waals surface area (Å²) in [5, 5.41) is 0. The van der Waals surface area contributed by atoms with E-state index in [9.17, 15) is 4.79 Å². The van der Waals surface area contributed by atoms with Crippen LogP contribution in [0.3, 0.4) is 0 Å². The molecule has 0 saturated carbocycles. The number of thioether (sulfide) groups is 1. The van der Waals surface area contributed by atoms with Gasteiger partial charge in [-0.05, 0) is 33.4 Å². The normalized spacial score (nSPS) is 13.5. The molecule has 0 aliphatic carbocycles. The smallest absolute Gasteiger partial charge is 0.410 e. The number of carbonyl (C=O) groups excluding carboxylic acids is 1. The van der Waals surface area contributed by atoms with E-state index in [1.807, 2.05) is 27.0 Å². The Hall–Kier alpha value is -0.380. The molecule has 0 fully saturated rings. The first-order valence-electron chi connectivity index (χ1n) is 5.26. The highest BCUT2D eigenvalue weighted by atomic mass is 32.2. The number of amides is 1. The van der Waals surface area contributed by atoms with E-state index in [2.05, 4.69) is 6.92 Å². The molecule has 0 aliphatic rings. The van der Waals surface area contributed by atoms with Crippen LogP contribution in [0.25, 0.3) is 0 Å². The number of rotatable bonds is 4. The maximum atomic E-state index is 11.7. The predicted octanol–water partition coefficient (Wildman–Crippen LogP) is 2.99. The molecule has 1 atom stereocenters. The minimum atomic E-state index is -0.414. The van der Waals surface area contributed by atoms with Gasteiger partial charge in [0.05, 0.1) is 0 Å². The van der Waals surface area contributed by atoms with Crippen molar-refractivity contribution >= 4 is 17.9 Å². The lowest BCUT2D eigenvalue weighted by molar-refractivity contribution is 0.0236. The Morgan fingerprint density at radius 2 is 2.00 bits per heavy atom. The standard InChI is InChI=1S/C11H23NO2S/c1-7-9(8-15-6)12(5)10(13)14-11(2,3)4/h9H,7-8H2,1-6H3. The molecule has 0 aromatic carbocycles. The Bertz CT molecular complexity index is 201. The van der Waals surface area contributed by atoms with E-state index in [-0.39, 0.29) is 12.1 Å². The Morgan fingerprint density at radius 3 is 2.33 bits per heavy atom. The lowest BCUT2D eigenvalue weighted by atomic mass is 10.2. The summed E-state index contributed by atoms with van der Waals surface area (Å²) in [7, 11) is 1.80. The highest BCUT2D eigenvalue weighted by Gasteiger charge is 2.23. The van der Waals surface area contributed by atoms with Crippen LogP contribution in [0, 0.1) is 0 Å². The van der Waals surface area contributed by atoms with Crippen LogP contribution in [0.1, 0.15) is 34.1 Å². The number of nitrogens with zero attached hydrogens (tertiary/aromatic N) is 1. The summed E-state index contributed by atoms with van der Waals surface area (Å²) in [6, 6.07) is 0.259. The third-order valence-corrected chi connectivity index (χ3v) is 2.78. The Balaban J connectivity index is 4.28. The van der Waals surface area contributed by atoms with Crippen LogP contribution in [0.4, 0.5) is 4.79 Å². The Labute approximate surface area is 97.5 Å². The van der Waals surface area contributed by atoms with Crippen molar-refractivity contribution < 1.29 is 9.53 Å². The Kier molecular flexibility index (Phi) is 6.10. The number of hydrogen-bond donors (Lipinski definition) is 0. The molecule has 0 aromatic rings. The van der Waals surface area contributed by atoms with Gasteiger partial charge in [0.15, 0.2) is 0 Å². The molecule has 1 amide bonds. The maximum Gasteiger partial charge on any atom is 0.410 e. The maximum absolute atomic E-state index is 11.7. The van der Waals surface area contributed by atoms with E-state index in [0.717, 1.165) is 12.2 Å². The van der Waals surface area contributed by atoms with Crippen molar-refractivity contribution in [2.24, 2.45) is 0 Å². The van der Waals surface area contributed by atoms with Gasteiger partial charge in [0.2, 0.25) is 0 Å². The monoisotopic (exact) mass is 233 g/mol. The van der Waals surface area contributed by atoms with Gasteiger partial charge in [0.1, 0.15) is 5.60 Å². The van der Waals surface area contributed by atoms with Crippen LogP contribution in [0.2, 0.25) is 0 Å². The van der Waals surface area contributed by atoms with Crippen molar-refractivity contribution in [3.8, 4) is 0 Å². The van der Waals surface area contributed by atoms with Gasteiger partial charge in [0, 0.05) is 18.8 Å². The van der Waals surface area contributed by atoms with E-state index in [4.69, 9.17) is 4.74 Å². The van der Waals surface area contributed by atoms with Gasteiger partial charge in [0.25, 0.3) is 0 Å². The lowest BCUT2D eigenvalue weighted by Gasteiger charge is -2.29. The van der Waals surface area contributed by atoms with Crippen molar-refractivity contribution in [3.63, 3.8) is 0 Å². The molecule has 0 saturated heterocycles. The van der Waals surface area contributed by atoms with E-state index in [1.54, 1.807) is 23.7 Å². The summed E-state index contributed by atoms with van der Waals surface area (Å²) in [6.45, 7) is 7.73. The van der Waals surface area contributed by atoms with Gasteiger partial charge in [-0.25, -0.2) is 4.79 Å². The third kappa shape index (κ3) is 5.92. The van der Waals surface area contributed by atoms with E-state index >= 15 is 0 Å². The van der Waals surface area contributed by atoms with Gasteiger partial charge in [-0.15, -0.1) is 0 Å². The summed E-state index contributed by atoms with van der Waals surface area (Å²) in [4.78, 5) is 13.4. The highest BCUT2D eigenvalue weighted by Crippen LogP contribution is 2.14. The number of ether oxygens (including phenoxy) is 1. The topological polar surface area (TPSA) is 29.5 Å². The van der Waals surface area contributed by atoms with Crippen molar-refractivity contribution in [2.75, 3.05) is 19.1 Å². The van der Waals surface area contributed by atoms with Gasteiger partial charge in [-0.2, -0.15) is 11.8 Å². The molecule has 4 heteroatoms. The van der Waals surface area contributed by atoms with Crippen molar-refractivity contribution in [1.29, 1.82) is 0 Å². The molecule has 1 unspecified atom stereocenters. The summed E-state index contributed by atoms with van der Waals surface area (Å²) in [6.07, 6.45) is 2.77. The fourth-order valence-corrected chi connectivity index (χ4v) is 2.02. The molecule has 0 aliphatic heterocycles. The minimum absolute atomic E-state index is 0.233. The van der Waals surface area contributed by atoms with Crippen molar-refractivity contribution in [3.05, 3.63) is 0 Å². The average molecular weight is 233 g/mol. The van der Waals surface area contributed by atoms with E-state index in [0.29, 0.717) is 0 Å². The predicted molar refractivity (Wildman–Crippen MR) is 66.5 cm³/mol. The van der Waals surface area contributed by atoms with E-state index in [1.165, 1.54) is 0 Å². The molecular weight excluding hydrogens is 210 g/mol. The summed E-state index contributed by atoms with van der Waals surface area (Å²) < 4.78 is 5.31. The number of hydrogen-bond acceptors (Lipinski definition) is 3. The van der Waals surface area contributed by atoms with Crippen LogP contribution in [-0.2, 0) is 4.74 Å². The molecule has 0 bridgehead atoms. The SMILES string of the molecule is CCC(CSC)N(C)C(=O)OC(C)(C)C. The van der Waals surface area contributed by atoms with Crippen LogP contribution < -0.4 is 0 Å². The molecule has 0 aromatic heterocycles. The van der Waals surface area contributed by atoms with Crippen LogP contribution in [0.5, 0.6) is 0 Å². The van der Waals surface area contributed by atoms with Crippen molar-refractivity contribution in [1.82, 2.24) is 4.90 Å². The Morgan fingerprint density at radius 1 is 1.47 bits per heavy atom. The van der Waals surface area contributed by atoms with Gasteiger partial charge in [-0.1, -0.05) is 6.92 Å². The van der Waals surface area contributed by atoms with Crippen LogP contribution in [0.15, 0.2) is 0 Å². The highest BCUT2D eigenvalue weighted by molar-refractivity contribution is 7.98. The summed E-state index contributed by atoms with van der Waals surface area (Å²) in [5.74, 6) is 0.951. The second kappa shape index (κ2) is 6.26. The van der Waals surface area contributed by atoms with Gasteiger partial charge < -0.3 is 9.64 Å². The molecule has 90 valence electrons. The molecule has 0 rings (SSSR count). The average Bonchev–Trinajstić information content (AvgIpc) is 2.10. The zero-order chi connectivity index (χ0) is 12.1. The first-order valence-corrected chi connectivity index (χ1v) is 6.66. The molecule has 15 heavy (non-hydrogen) atoms. The summed E-state index contributed by atoms with van der Waals surface area (Å²) >= 11 is 1.75. The zero-order valence-electron chi connectivity index (χ0n) is 10.7. The molecular formula is C11H23NO2S. The first kappa shape index (κ1) is 14.6. The van der Waals surface area contributed by atoms with Crippen molar-refractivity contribution in [2.45, 2.75) is 45.8 Å². The molecule has 0 radical (unpaired) electrons.